The monoisotopic (exact) mass is 510 g/mol. The van der Waals surface area contributed by atoms with E-state index in [0.717, 1.165) is 81.8 Å². The quantitative estimate of drug-likeness (QED) is 0.251. The molecule has 0 unspecified atom stereocenters. The minimum absolute atomic E-state index is 0.0382. The summed E-state index contributed by atoms with van der Waals surface area (Å²) in [6.07, 6.45) is 10.4. The van der Waals surface area contributed by atoms with E-state index in [4.69, 9.17) is 0 Å². The maximum absolute atomic E-state index is 12.2. The number of carbonyl (C=O) groups is 2. The Kier molecular flexibility index (Phi) is 10.4. The van der Waals surface area contributed by atoms with E-state index in [1.807, 2.05) is 48.4 Å². The molecule has 9 heteroatoms. The van der Waals surface area contributed by atoms with E-state index in [1.165, 1.54) is 0 Å². The van der Waals surface area contributed by atoms with Crippen LogP contribution in [0.3, 0.4) is 0 Å². The molecule has 2 fully saturated rings. The Morgan fingerprint density at radius 1 is 0.972 bits per heavy atom. The highest BCUT2D eigenvalue weighted by molar-refractivity contribution is 8.00. The largest absolute Gasteiger partial charge is 0.356 e. The van der Waals surface area contributed by atoms with Gasteiger partial charge in [0.1, 0.15) is 0 Å². The van der Waals surface area contributed by atoms with Crippen molar-refractivity contribution in [2.75, 3.05) is 18.8 Å². The van der Waals surface area contributed by atoms with Crippen LogP contribution in [0.1, 0.15) is 56.3 Å². The average Bonchev–Trinajstić information content (AvgIpc) is 3.44. The molecular weight excluding hydrogens is 472 g/mol. The fourth-order valence-corrected chi connectivity index (χ4v) is 6.43. The molecule has 2 aliphatic rings. The number of fused-ring (bicyclic) bond motifs is 1. The Bertz CT molecular complexity index is 906. The highest BCUT2D eigenvalue weighted by Crippen LogP contribution is 2.33. The lowest BCUT2D eigenvalue weighted by atomic mass is 10.0. The number of nitrogens with zero attached hydrogens (tertiary/aromatic N) is 3. The first kappa shape index (κ1) is 26.4. The zero-order valence-corrected chi connectivity index (χ0v) is 21.7. The third-order valence-electron chi connectivity index (χ3n) is 6.78. The first-order valence-corrected chi connectivity index (χ1v) is 14.2. The fourth-order valence-electron chi connectivity index (χ4n) is 4.88. The number of amides is 3. The van der Waals surface area contributed by atoms with Crippen molar-refractivity contribution in [1.82, 2.24) is 30.8 Å². The summed E-state index contributed by atoms with van der Waals surface area (Å²) in [5.74, 6) is 1.13. The molecule has 36 heavy (non-hydrogen) atoms. The molecule has 2 aromatic heterocycles. The van der Waals surface area contributed by atoms with Gasteiger partial charge in [-0.15, -0.1) is 0 Å². The lowest BCUT2D eigenvalue weighted by Gasteiger charge is -2.21. The van der Waals surface area contributed by atoms with E-state index in [1.54, 1.807) is 0 Å². The van der Waals surface area contributed by atoms with Crippen LogP contribution in [-0.4, -0.2) is 63.0 Å². The SMILES string of the molecule is O=C(CCCC[C@@H]1SC[C@@H]2NC(=O)N[C@@H]21)NCCCCCN(Cc1ccccn1)Cc1ccccn1. The fraction of sp³-hybridized carbons (Fsp3) is 0.556. The molecule has 3 amide bonds. The van der Waals surface area contributed by atoms with E-state index in [0.29, 0.717) is 11.7 Å². The van der Waals surface area contributed by atoms with Crippen LogP contribution in [0.2, 0.25) is 0 Å². The summed E-state index contributed by atoms with van der Waals surface area (Å²) >= 11 is 1.93. The first-order chi connectivity index (χ1) is 17.7. The second-order valence-electron chi connectivity index (χ2n) is 9.63. The van der Waals surface area contributed by atoms with Crippen molar-refractivity contribution >= 4 is 23.7 Å². The van der Waals surface area contributed by atoms with Crippen molar-refractivity contribution in [3.8, 4) is 0 Å². The molecule has 2 saturated heterocycles. The van der Waals surface area contributed by atoms with Gasteiger partial charge in [0.15, 0.2) is 0 Å². The highest BCUT2D eigenvalue weighted by atomic mass is 32.2. The lowest BCUT2D eigenvalue weighted by molar-refractivity contribution is -0.121. The molecule has 0 saturated carbocycles. The van der Waals surface area contributed by atoms with Crippen LogP contribution >= 0.6 is 11.8 Å². The van der Waals surface area contributed by atoms with Gasteiger partial charge in [0, 0.05) is 49.5 Å². The Hall–Kier alpha value is -2.65. The van der Waals surface area contributed by atoms with Gasteiger partial charge in [-0.25, -0.2) is 4.79 Å². The van der Waals surface area contributed by atoms with Crippen LogP contribution in [0, 0.1) is 0 Å². The predicted molar refractivity (Wildman–Crippen MR) is 143 cm³/mol. The van der Waals surface area contributed by atoms with Crippen molar-refractivity contribution in [3.63, 3.8) is 0 Å². The van der Waals surface area contributed by atoms with E-state index >= 15 is 0 Å². The summed E-state index contributed by atoms with van der Waals surface area (Å²) in [6, 6.07) is 12.6. The molecule has 8 nitrogen and oxygen atoms in total. The molecule has 0 spiro atoms. The summed E-state index contributed by atoms with van der Waals surface area (Å²) < 4.78 is 0. The Morgan fingerprint density at radius 3 is 2.42 bits per heavy atom. The van der Waals surface area contributed by atoms with Gasteiger partial charge in [0.25, 0.3) is 0 Å². The number of thioether (sulfide) groups is 1. The number of hydrogen-bond donors (Lipinski definition) is 3. The third-order valence-corrected chi connectivity index (χ3v) is 8.29. The number of carbonyl (C=O) groups excluding carboxylic acids is 2. The maximum atomic E-state index is 12.2. The van der Waals surface area contributed by atoms with Gasteiger partial charge in [-0.1, -0.05) is 25.0 Å². The van der Waals surface area contributed by atoms with Gasteiger partial charge in [0.2, 0.25) is 5.91 Å². The van der Waals surface area contributed by atoms with Crippen molar-refractivity contribution < 1.29 is 9.59 Å². The first-order valence-electron chi connectivity index (χ1n) is 13.1. The minimum Gasteiger partial charge on any atom is -0.356 e. The van der Waals surface area contributed by atoms with Crippen LogP contribution in [-0.2, 0) is 17.9 Å². The number of pyridine rings is 2. The standard InChI is InChI=1S/C27H38N6O2S/c34-25(13-3-2-12-24-26-23(20-36-24)31-27(35)32-26)30-16-6-1-9-17-33(18-21-10-4-7-14-28-21)19-22-11-5-8-15-29-22/h4-5,7-8,10-11,14-15,23-24,26H,1-3,6,9,12-13,16-20H2,(H,30,34)(H2,31,32,35)/t23-,24-,26-/m0/s1. The molecule has 3 N–H and O–H groups in total. The summed E-state index contributed by atoms with van der Waals surface area (Å²) in [4.78, 5) is 35.0. The maximum Gasteiger partial charge on any atom is 0.315 e. The zero-order chi connectivity index (χ0) is 25.0. The Morgan fingerprint density at radius 2 is 1.72 bits per heavy atom. The lowest BCUT2D eigenvalue weighted by Crippen LogP contribution is -2.36. The second kappa shape index (κ2) is 14.2. The van der Waals surface area contributed by atoms with Gasteiger partial charge in [-0.2, -0.15) is 11.8 Å². The molecule has 0 aliphatic carbocycles. The van der Waals surface area contributed by atoms with Crippen molar-refractivity contribution in [2.24, 2.45) is 0 Å². The normalized spacial score (nSPS) is 20.7. The number of unbranched alkanes of at least 4 members (excludes halogenated alkanes) is 3. The van der Waals surface area contributed by atoms with E-state index < -0.39 is 0 Å². The van der Waals surface area contributed by atoms with Crippen LogP contribution < -0.4 is 16.0 Å². The minimum atomic E-state index is -0.0382. The van der Waals surface area contributed by atoms with Crippen LogP contribution in [0.4, 0.5) is 4.79 Å². The highest BCUT2D eigenvalue weighted by Gasteiger charge is 2.42. The molecule has 2 aliphatic heterocycles. The molecule has 0 bridgehead atoms. The van der Waals surface area contributed by atoms with Crippen LogP contribution in [0.5, 0.6) is 0 Å². The van der Waals surface area contributed by atoms with Gasteiger partial charge in [0.05, 0.1) is 23.5 Å². The molecule has 194 valence electrons. The van der Waals surface area contributed by atoms with E-state index in [-0.39, 0.29) is 24.0 Å². The van der Waals surface area contributed by atoms with Crippen molar-refractivity contribution in [2.45, 2.75) is 75.4 Å². The van der Waals surface area contributed by atoms with E-state index in [9.17, 15) is 9.59 Å². The Labute approximate surface area is 218 Å². The molecule has 3 atom stereocenters. The van der Waals surface area contributed by atoms with Gasteiger partial charge >= 0.3 is 6.03 Å². The second-order valence-corrected chi connectivity index (χ2v) is 10.9. The summed E-state index contributed by atoms with van der Waals surface area (Å²) in [5, 5.41) is 9.55. The predicted octanol–water partition coefficient (Wildman–Crippen LogP) is 3.49. The molecule has 0 radical (unpaired) electrons. The molecule has 0 aromatic carbocycles. The van der Waals surface area contributed by atoms with Crippen LogP contribution in [0.15, 0.2) is 48.8 Å². The van der Waals surface area contributed by atoms with Gasteiger partial charge in [-0.3, -0.25) is 19.7 Å². The topological polar surface area (TPSA) is 99.2 Å². The van der Waals surface area contributed by atoms with Gasteiger partial charge in [-0.05, 0) is 56.5 Å². The smallest absolute Gasteiger partial charge is 0.315 e. The molecular formula is C27H38N6O2S. The Balaban J connectivity index is 1.06. The molecule has 4 heterocycles. The zero-order valence-electron chi connectivity index (χ0n) is 20.9. The van der Waals surface area contributed by atoms with Crippen molar-refractivity contribution in [3.05, 3.63) is 60.2 Å². The number of hydrogen-bond acceptors (Lipinski definition) is 6. The summed E-state index contributed by atoms with van der Waals surface area (Å²) in [7, 11) is 0. The molecule has 4 rings (SSSR count). The van der Waals surface area contributed by atoms with E-state index in [2.05, 4.69) is 43.0 Å². The molecule has 2 aromatic rings. The summed E-state index contributed by atoms with van der Waals surface area (Å²) in [6.45, 7) is 3.31. The summed E-state index contributed by atoms with van der Waals surface area (Å²) in [5.41, 5.74) is 2.13. The number of nitrogens with one attached hydrogen (secondary N) is 3. The van der Waals surface area contributed by atoms with Crippen LogP contribution in [0.25, 0.3) is 0 Å². The van der Waals surface area contributed by atoms with Crippen molar-refractivity contribution in [1.29, 1.82) is 0 Å². The number of aromatic nitrogens is 2. The average molecular weight is 511 g/mol. The third kappa shape index (κ3) is 8.48. The van der Waals surface area contributed by atoms with Gasteiger partial charge < -0.3 is 16.0 Å². The number of rotatable bonds is 15. The number of urea groups is 1.